The first-order valence-corrected chi connectivity index (χ1v) is 5.12. The fourth-order valence-corrected chi connectivity index (χ4v) is 2.17. The van der Waals surface area contributed by atoms with Gasteiger partial charge >= 0.3 is 0 Å². The number of anilines is 2. The van der Waals surface area contributed by atoms with Crippen molar-refractivity contribution in [1.82, 2.24) is 4.98 Å². The molecule has 2 aromatic rings. The Labute approximate surface area is 89.2 Å². The molecule has 0 saturated heterocycles. The van der Waals surface area contributed by atoms with Crippen LogP contribution in [0.15, 0.2) is 42.6 Å². The van der Waals surface area contributed by atoms with Gasteiger partial charge in [0.25, 0.3) is 0 Å². The predicted octanol–water partition coefficient (Wildman–Crippen LogP) is 2.75. The van der Waals surface area contributed by atoms with Gasteiger partial charge in [0.1, 0.15) is 0 Å². The van der Waals surface area contributed by atoms with Crippen LogP contribution in [0.3, 0.4) is 0 Å². The van der Waals surface area contributed by atoms with Crippen LogP contribution in [0, 0.1) is 0 Å². The molecule has 1 aliphatic heterocycles. The third-order valence-electron chi connectivity index (χ3n) is 2.94. The van der Waals surface area contributed by atoms with E-state index in [9.17, 15) is 0 Å². The number of hydrogen-bond acceptors (Lipinski definition) is 2. The minimum atomic E-state index is 0.941. The summed E-state index contributed by atoms with van der Waals surface area (Å²) in [6.45, 7) is 0. The number of aromatic nitrogens is 1. The average molecular weight is 196 g/mol. The van der Waals surface area contributed by atoms with Gasteiger partial charge in [0.15, 0.2) is 0 Å². The van der Waals surface area contributed by atoms with Crippen LogP contribution in [0.4, 0.5) is 11.4 Å². The number of hydrogen-bond donors (Lipinski definition) is 0. The lowest BCUT2D eigenvalue weighted by Crippen LogP contribution is -2.19. The first-order chi connectivity index (χ1) is 7.36. The third-order valence-corrected chi connectivity index (χ3v) is 2.94. The molecule has 2 nitrogen and oxygen atoms in total. The lowest BCUT2D eigenvalue weighted by molar-refractivity contribution is 0.991. The molecule has 0 bridgehead atoms. The smallest absolute Gasteiger partial charge is 0.0684 e. The topological polar surface area (TPSA) is 16.1 Å². The highest BCUT2D eigenvalue weighted by atomic mass is 15.1. The van der Waals surface area contributed by atoms with E-state index in [1.807, 2.05) is 12.3 Å². The van der Waals surface area contributed by atoms with Crippen LogP contribution in [0.2, 0.25) is 0 Å². The largest absolute Gasteiger partial charge is 0.343 e. The van der Waals surface area contributed by atoms with Gasteiger partial charge in [0, 0.05) is 25.4 Å². The molecule has 0 atom stereocenters. The summed E-state index contributed by atoms with van der Waals surface area (Å²) in [6, 6.07) is 12.6. The summed E-state index contributed by atoms with van der Waals surface area (Å²) >= 11 is 0. The van der Waals surface area contributed by atoms with Crippen molar-refractivity contribution in [2.75, 3.05) is 11.9 Å². The van der Waals surface area contributed by atoms with E-state index in [1.54, 1.807) is 0 Å². The van der Waals surface area contributed by atoms with Gasteiger partial charge < -0.3 is 4.90 Å². The molecule has 0 radical (unpaired) electrons. The van der Waals surface area contributed by atoms with Crippen molar-refractivity contribution < 1.29 is 0 Å². The number of rotatable bonds is 0. The zero-order valence-corrected chi connectivity index (χ0v) is 8.64. The zero-order valence-electron chi connectivity index (χ0n) is 8.64. The molecule has 0 amide bonds. The minimum absolute atomic E-state index is 0.941. The first-order valence-electron chi connectivity index (χ1n) is 5.12. The van der Waals surface area contributed by atoms with Crippen LogP contribution < -0.4 is 4.90 Å². The molecule has 0 N–H and O–H groups in total. The van der Waals surface area contributed by atoms with Crippen molar-refractivity contribution in [2.24, 2.45) is 0 Å². The molecule has 1 aliphatic rings. The van der Waals surface area contributed by atoms with Gasteiger partial charge in [-0.15, -0.1) is 0 Å². The fourth-order valence-electron chi connectivity index (χ4n) is 2.17. The van der Waals surface area contributed by atoms with Gasteiger partial charge in [-0.05, 0) is 23.8 Å². The number of pyridine rings is 1. The van der Waals surface area contributed by atoms with Gasteiger partial charge in [-0.2, -0.15) is 0 Å². The Kier molecular flexibility index (Phi) is 1.75. The molecule has 74 valence electrons. The van der Waals surface area contributed by atoms with E-state index in [4.69, 9.17) is 0 Å². The van der Waals surface area contributed by atoms with Crippen LogP contribution >= 0.6 is 0 Å². The van der Waals surface area contributed by atoms with Crippen LogP contribution in [-0.4, -0.2) is 12.0 Å². The summed E-state index contributed by atoms with van der Waals surface area (Å²) in [5, 5.41) is 0. The van der Waals surface area contributed by atoms with Gasteiger partial charge in [-0.25, -0.2) is 0 Å². The van der Waals surface area contributed by atoms with Gasteiger partial charge in [-0.3, -0.25) is 4.98 Å². The maximum absolute atomic E-state index is 4.43. The maximum atomic E-state index is 4.43. The van der Waals surface area contributed by atoms with Gasteiger partial charge in [0.2, 0.25) is 0 Å². The van der Waals surface area contributed by atoms with Gasteiger partial charge in [0.05, 0.1) is 11.4 Å². The SMILES string of the molecule is CN1c2ccccc2Cc2ncccc21. The van der Waals surface area contributed by atoms with E-state index in [0.29, 0.717) is 0 Å². The minimum Gasteiger partial charge on any atom is -0.343 e. The Bertz CT molecular complexity index is 460. The Balaban J connectivity index is 2.20. The monoisotopic (exact) mass is 196 g/mol. The van der Waals surface area contributed by atoms with Crippen molar-refractivity contribution in [3.63, 3.8) is 0 Å². The molecule has 0 fully saturated rings. The second kappa shape index (κ2) is 3.09. The summed E-state index contributed by atoms with van der Waals surface area (Å²) in [6.07, 6.45) is 2.80. The van der Waals surface area contributed by atoms with E-state index in [-0.39, 0.29) is 0 Å². The van der Waals surface area contributed by atoms with Crippen LogP contribution in [0.1, 0.15) is 11.3 Å². The number of nitrogens with zero attached hydrogens (tertiary/aromatic N) is 2. The highest BCUT2D eigenvalue weighted by molar-refractivity contribution is 5.72. The van der Waals surface area contributed by atoms with E-state index >= 15 is 0 Å². The third kappa shape index (κ3) is 1.22. The molecular formula is C13H12N2. The second-order valence-corrected chi connectivity index (χ2v) is 3.83. The average Bonchev–Trinajstić information content (AvgIpc) is 2.30. The standard InChI is InChI=1S/C13H12N2/c1-15-12-6-3-2-5-10(12)9-11-13(15)7-4-8-14-11/h2-8H,9H2,1H3. The van der Waals surface area contributed by atoms with Crippen LogP contribution in [0.25, 0.3) is 0 Å². The number of benzene rings is 1. The summed E-state index contributed by atoms with van der Waals surface area (Å²) in [5.74, 6) is 0. The van der Waals surface area contributed by atoms with E-state index in [1.165, 1.54) is 22.6 Å². The van der Waals surface area contributed by atoms with Crippen molar-refractivity contribution in [1.29, 1.82) is 0 Å². The molecule has 0 saturated carbocycles. The molecule has 2 heterocycles. The summed E-state index contributed by atoms with van der Waals surface area (Å²) in [7, 11) is 2.10. The number of fused-ring (bicyclic) bond motifs is 2. The molecule has 1 aromatic heterocycles. The normalized spacial score (nSPS) is 13.3. The molecule has 1 aromatic carbocycles. The van der Waals surface area contributed by atoms with Crippen LogP contribution in [0.5, 0.6) is 0 Å². The van der Waals surface area contributed by atoms with Crippen molar-refractivity contribution in [3.8, 4) is 0 Å². The Morgan fingerprint density at radius 1 is 1.07 bits per heavy atom. The summed E-state index contributed by atoms with van der Waals surface area (Å²) in [4.78, 5) is 6.64. The number of para-hydroxylation sites is 1. The fraction of sp³-hybridized carbons (Fsp3) is 0.154. The second-order valence-electron chi connectivity index (χ2n) is 3.83. The molecular weight excluding hydrogens is 184 g/mol. The maximum Gasteiger partial charge on any atom is 0.0684 e. The molecule has 3 rings (SSSR count). The first kappa shape index (κ1) is 8.48. The molecule has 0 aliphatic carbocycles. The highest BCUT2D eigenvalue weighted by Crippen LogP contribution is 2.35. The summed E-state index contributed by atoms with van der Waals surface area (Å²) < 4.78 is 0. The van der Waals surface area contributed by atoms with Crippen LogP contribution in [-0.2, 0) is 6.42 Å². The Hall–Kier alpha value is -1.83. The molecule has 15 heavy (non-hydrogen) atoms. The summed E-state index contributed by atoms with van der Waals surface area (Å²) in [5.41, 5.74) is 5.03. The van der Waals surface area contributed by atoms with Crippen molar-refractivity contribution in [3.05, 3.63) is 53.9 Å². The molecule has 0 unspecified atom stereocenters. The lowest BCUT2D eigenvalue weighted by atomic mass is 10.0. The lowest BCUT2D eigenvalue weighted by Gasteiger charge is -2.28. The van der Waals surface area contributed by atoms with Crippen molar-refractivity contribution >= 4 is 11.4 Å². The Morgan fingerprint density at radius 2 is 1.87 bits per heavy atom. The van der Waals surface area contributed by atoms with E-state index in [2.05, 4.69) is 47.3 Å². The Morgan fingerprint density at radius 3 is 2.80 bits per heavy atom. The molecule has 0 spiro atoms. The highest BCUT2D eigenvalue weighted by Gasteiger charge is 2.19. The molecule has 2 heteroatoms. The quantitative estimate of drug-likeness (QED) is 0.644. The van der Waals surface area contributed by atoms with Crippen molar-refractivity contribution in [2.45, 2.75) is 6.42 Å². The predicted molar refractivity (Wildman–Crippen MR) is 61.5 cm³/mol. The van der Waals surface area contributed by atoms with E-state index < -0.39 is 0 Å². The zero-order chi connectivity index (χ0) is 10.3. The van der Waals surface area contributed by atoms with E-state index in [0.717, 1.165) is 6.42 Å². The van der Waals surface area contributed by atoms with Gasteiger partial charge in [-0.1, -0.05) is 18.2 Å².